The second-order valence-electron chi connectivity index (χ2n) is 1.91. The third-order valence-electron chi connectivity index (χ3n) is 1.06. The Morgan fingerprint density at radius 3 is 3.00 bits per heavy atom. The third-order valence-corrected chi connectivity index (χ3v) is 1.65. The largest absolute Gasteiger partial charge is 0.385 e. The minimum Gasteiger partial charge on any atom is -0.385 e. The first kappa shape index (κ1) is 7.37. The maximum Gasteiger partial charge on any atom is 0.210 e. The minimum atomic E-state index is -0.943. The van der Waals surface area contributed by atoms with Gasteiger partial charge >= 0.3 is 0 Å². The van der Waals surface area contributed by atoms with E-state index in [1.165, 1.54) is 18.3 Å². The van der Waals surface area contributed by atoms with Crippen LogP contribution >= 0.6 is 11.3 Å². The van der Waals surface area contributed by atoms with Crippen molar-refractivity contribution in [2.45, 2.75) is 13.0 Å². The molecule has 0 aromatic carbocycles. The molecule has 0 fully saturated rings. The highest BCUT2D eigenvalue weighted by Gasteiger charge is 2.12. The van der Waals surface area contributed by atoms with Gasteiger partial charge in [-0.05, 0) is 6.92 Å². The monoisotopic (exact) mass is 157 g/mol. The molecule has 4 heteroatoms. The van der Waals surface area contributed by atoms with Crippen LogP contribution in [0, 0.1) is 0 Å². The van der Waals surface area contributed by atoms with E-state index in [0.29, 0.717) is 5.69 Å². The lowest BCUT2D eigenvalue weighted by Gasteiger charge is -1.96. The predicted molar refractivity (Wildman–Crippen MR) is 38.1 cm³/mol. The number of ketones is 1. The number of aliphatic hydroxyl groups is 1. The Kier molecular flexibility index (Phi) is 2.13. The van der Waals surface area contributed by atoms with Gasteiger partial charge in [0, 0.05) is 5.38 Å². The summed E-state index contributed by atoms with van der Waals surface area (Å²) in [6.07, 6.45) is -0.943. The van der Waals surface area contributed by atoms with E-state index < -0.39 is 6.10 Å². The number of aromatic nitrogens is 1. The molecular formula is C6H7NO2S. The number of carbonyl (C=O) groups is 1. The number of thiazole rings is 1. The molecule has 54 valence electrons. The van der Waals surface area contributed by atoms with Gasteiger partial charge in [0.25, 0.3) is 0 Å². The Morgan fingerprint density at radius 2 is 2.60 bits per heavy atom. The Labute approximate surface area is 62.3 Å². The van der Waals surface area contributed by atoms with Gasteiger partial charge in [-0.3, -0.25) is 4.79 Å². The van der Waals surface area contributed by atoms with Gasteiger partial charge in [-0.2, -0.15) is 0 Å². The van der Waals surface area contributed by atoms with Gasteiger partial charge in [0.1, 0.15) is 11.8 Å². The first-order valence-corrected chi connectivity index (χ1v) is 3.76. The van der Waals surface area contributed by atoms with Crippen molar-refractivity contribution in [3.05, 3.63) is 16.6 Å². The van der Waals surface area contributed by atoms with Crippen molar-refractivity contribution in [1.82, 2.24) is 4.98 Å². The minimum absolute atomic E-state index is 0.318. The van der Waals surface area contributed by atoms with Crippen molar-refractivity contribution in [1.29, 1.82) is 0 Å². The number of aliphatic hydroxyl groups excluding tert-OH is 1. The maximum atomic E-state index is 10.9. The van der Waals surface area contributed by atoms with E-state index in [0.717, 1.165) is 0 Å². The van der Waals surface area contributed by atoms with Crippen LogP contribution in [0.15, 0.2) is 10.9 Å². The van der Waals surface area contributed by atoms with Gasteiger partial charge in [-0.25, -0.2) is 4.98 Å². The quantitative estimate of drug-likeness (QED) is 0.643. The van der Waals surface area contributed by atoms with Crippen LogP contribution < -0.4 is 0 Å². The van der Waals surface area contributed by atoms with Crippen molar-refractivity contribution in [2.24, 2.45) is 0 Å². The molecule has 0 radical (unpaired) electrons. The van der Waals surface area contributed by atoms with E-state index in [1.807, 2.05) is 0 Å². The van der Waals surface area contributed by atoms with Gasteiger partial charge in [-0.1, -0.05) is 0 Å². The van der Waals surface area contributed by atoms with Crippen LogP contribution in [0.25, 0.3) is 0 Å². The van der Waals surface area contributed by atoms with E-state index in [4.69, 9.17) is 5.11 Å². The third kappa shape index (κ3) is 1.40. The lowest BCUT2D eigenvalue weighted by atomic mass is 10.2. The molecule has 0 aliphatic heterocycles. The van der Waals surface area contributed by atoms with Gasteiger partial charge in [0.2, 0.25) is 5.78 Å². The van der Waals surface area contributed by atoms with Crippen LogP contribution in [-0.4, -0.2) is 22.0 Å². The molecule has 0 aliphatic rings. The molecule has 0 saturated heterocycles. The van der Waals surface area contributed by atoms with Crippen LogP contribution in [-0.2, 0) is 0 Å². The van der Waals surface area contributed by atoms with Crippen molar-refractivity contribution in [2.75, 3.05) is 0 Å². The van der Waals surface area contributed by atoms with Crippen LogP contribution in [0.3, 0.4) is 0 Å². The Hall–Kier alpha value is -0.740. The number of rotatable bonds is 2. The number of nitrogens with zero attached hydrogens (tertiary/aromatic N) is 1. The summed E-state index contributed by atoms with van der Waals surface area (Å²) in [5, 5.41) is 10.4. The summed E-state index contributed by atoms with van der Waals surface area (Å²) in [6, 6.07) is 0. The molecular weight excluding hydrogens is 150 g/mol. The summed E-state index contributed by atoms with van der Waals surface area (Å²) in [5.74, 6) is -0.318. The van der Waals surface area contributed by atoms with E-state index >= 15 is 0 Å². The van der Waals surface area contributed by atoms with E-state index in [2.05, 4.69) is 4.98 Å². The van der Waals surface area contributed by atoms with Crippen molar-refractivity contribution in [3.8, 4) is 0 Å². The number of hydrogen-bond acceptors (Lipinski definition) is 4. The average molecular weight is 157 g/mol. The highest BCUT2D eigenvalue weighted by molar-refractivity contribution is 7.07. The topological polar surface area (TPSA) is 50.2 Å². The smallest absolute Gasteiger partial charge is 0.210 e. The fourth-order valence-electron chi connectivity index (χ4n) is 0.548. The van der Waals surface area contributed by atoms with E-state index in [-0.39, 0.29) is 5.78 Å². The summed E-state index contributed by atoms with van der Waals surface area (Å²) >= 11 is 1.34. The molecule has 1 aromatic heterocycles. The Morgan fingerprint density at radius 1 is 1.90 bits per heavy atom. The van der Waals surface area contributed by atoms with Gasteiger partial charge in [-0.15, -0.1) is 11.3 Å². The zero-order chi connectivity index (χ0) is 7.56. The van der Waals surface area contributed by atoms with E-state index in [1.54, 1.807) is 10.9 Å². The first-order chi connectivity index (χ1) is 4.72. The SMILES string of the molecule is CC(O)C(=O)c1cscn1. The Bertz CT molecular complexity index is 218. The summed E-state index contributed by atoms with van der Waals surface area (Å²) in [6.45, 7) is 1.43. The van der Waals surface area contributed by atoms with Gasteiger partial charge in [0.15, 0.2) is 0 Å². The molecule has 0 aliphatic carbocycles. The van der Waals surface area contributed by atoms with Crippen molar-refractivity contribution in [3.63, 3.8) is 0 Å². The second kappa shape index (κ2) is 2.90. The molecule has 0 saturated carbocycles. The van der Waals surface area contributed by atoms with Crippen LogP contribution in [0.1, 0.15) is 17.4 Å². The fourth-order valence-corrected chi connectivity index (χ4v) is 1.09. The molecule has 3 nitrogen and oxygen atoms in total. The van der Waals surface area contributed by atoms with Crippen LogP contribution in [0.4, 0.5) is 0 Å². The Balaban J connectivity index is 2.78. The molecule has 1 atom stereocenters. The number of hydrogen-bond donors (Lipinski definition) is 1. The van der Waals surface area contributed by atoms with Crippen LogP contribution in [0.5, 0.6) is 0 Å². The van der Waals surface area contributed by atoms with Gasteiger partial charge in [0.05, 0.1) is 5.51 Å². The molecule has 10 heavy (non-hydrogen) atoms. The zero-order valence-electron chi connectivity index (χ0n) is 5.44. The molecule has 0 amide bonds. The number of carbonyl (C=O) groups excluding carboxylic acids is 1. The molecule has 0 bridgehead atoms. The molecule has 1 unspecified atom stereocenters. The standard InChI is InChI=1S/C6H7NO2S/c1-4(8)6(9)5-2-10-3-7-5/h2-4,8H,1H3. The summed E-state index contributed by atoms with van der Waals surface area (Å²) < 4.78 is 0. The normalized spacial score (nSPS) is 13.0. The first-order valence-electron chi connectivity index (χ1n) is 2.82. The molecule has 1 N–H and O–H groups in total. The van der Waals surface area contributed by atoms with Crippen molar-refractivity contribution < 1.29 is 9.90 Å². The zero-order valence-corrected chi connectivity index (χ0v) is 6.26. The highest BCUT2D eigenvalue weighted by Crippen LogP contribution is 2.03. The second-order valence-corrected chi connectivity index (χ2v) is 2.63. The summed E-state index contributed by atoms with van der Waals surface area (Å²) in [7, 11) is 0. The summed E-state index contributed by atoms with van der Waals surface area (Å²) in [4.78, 5) is 14.6. The fraction of sp³-hybridized carbons (Fsp3) is 0.333. The van der Waals surface area contributed by atoms with Crippen molar-refractivity contribution >= 4 is 17.1 Å². The lowest BCUT2D eigenvalue weighted by Crippen LogP contribution is -2.16. The van der Waals surface area contributed by atoms with E-state index in [9.17, 15) is 4.79 Å². The number of Topliss-reactive ketones (excluding diaryl/α,β-unsaturated/α-hetero) is 1. The predicted octanol–water partition coefficient (Wildman–Crippen LogP) is 0.707. The lowest BCUT2D eigenvalue weighted by molar-refractivity contribution is 0.0775. The average Bonchev–Trinajstić information content (AvgIpc) is 2.36. The molecule has 1 aromatic rings. The molecule has 1 heterocycles. The van der Waals surface area contributed by atoms with Gasteiger partial charge < -0.3 is 5.11 Å². The molecule has 1 rings (SSSR count). The molecule has 0 spiro atoms. The van der Waals surface area contributed by atoms with Crippen LogP contribution in [0.2, 0.25) is 0 Å². The summed E-state index contributed by atoms with van der Waals surface area (Å²) in [5.41, 5.74) is 1.91. The highest BCUT2D eigenvalue weighted by atomic mass is 32.1. The maximum absolute atomic E-state index is 10.9.